The number of hydrogen-bond acceptors (Lipinski definition) is 7. The number of carbonyl (C=O) groups excluding carboxylic acids is 3. The maximum atomic E-state index is 13.1. The highest BCUT2D eigenvalue weighted by Crippen LogP contribution is 2.68. The van der Waals surface area contributed by atoms with Crippen LogP contribution in [0.5, 0.6) is 0 Å². The van der Waals surface area contributed by atoms with Gasteiger partial charge in [0.05, 0.1) is 12.2 Å². The van der Waals surface area contributed by atoms with Gasteiger partial charge in [0.1, 0.15) is 5.60 Å². The summed E-state index contributed by atoms with van der Waals surface area (Å²) in [5.74, 6) is -2.57. The van der Waals surface area contributed by atoms with Crippen LogP contribution in [0.25, 0.3) is 0 Å². The molecular formula is C24H32O7. The van der Waals surface area contributed by atoms with E-state index in [2.05, 4.69) is 0 Å². The largest absolute Gasteiger partial charge is 0.458 e. The molecule has 3 N–H and O–H groups in total. The van der Waals surface area contributed by atoms with Crippen molar-refractivity contribution in [2.24, 2.45) is 34.5 Å². The molecule has 4 aliphatic carbocycles. The lowest BCUT2D eigenvalue weighted by molar-refractivity contribution is -0.196. The topological polar surface area (TPSA) is 121 Å². The second-order valence-electron chi connectivity index (χ2n) is 10.5. The molecule has 170 valence electrons. The zero-order valence-electron chi connectivity index (χ0n) is 18.5. The SMILES string of the molecule is CC(=O)OCC(=O)[C@@]1(O)C(C)C[C@H]2[C@@H]3C(O)CC4=CC(=O)C=C[C@]4(C)[C@H]3C(O)C[C@@]21C. The van der Waals surface area contributed by atoms with E-state index in [1.165, 1.54) is 13.0 Å². The van der Waals surface area contributed by atoms with Crippen LogP contribution in [0.15, 0.2) is 23.8 Å². The Hall–Kier alpha value is -1.83. The van der Waals surface area contributed by atoms with Crippen molar-refractivity contribution in [2.45, 2.75) is 64.8 Å². The van der Waals surface area contributed by atoms with Gasteiger partial charge >= 0.3 is 5.97 Å². The first kappa shape index (κ1) is 22.4. The van der Waals surface area contributed by atoms with Crippen molar-refractivity contribution < 1.29 is 34.4 Å². The predicted molar refractivity (Wildman–Crippen MR) is 111 cm³/mol. The third kappa shape index (κ3) is 2.93. The number of aliphatic hydroxyl groups excluding tert-OH is 2. The van der Waals surface area contributed by atoms with Gasteiger partial charge in [-0.15, -0.1) is 0 Å². The Kier molecular flexibility index (Phi) is 5.11. The molecule has 9 atom stereocenters. The molecule has 0 bridgehead atoms. The predicted octanol–water partition coefficient (Wildman–Crippen LogP) is 1.35. The van der Waals surface area contributed by atoms with E-state index in [9.17, 15) is 29.7 Å². The Morgan fingerprint density at radius 1 is 1.23 bits per heavy atom. The van der Waals surface area contributed by atoms with E-state index in [1.807, 2.05) is 19.9 Å². The number of Topliss-reactive ketones (excluding diaryl/α,β-unsaturated/α-hetero) is 1. The zero-order chi connectivity index (χ0) is 22.9. The highest BCUT2D eigenvalue weighted by Gasteiger charge is 2.71. The van der Waals surface area contributed by atoms with Crippen LogP contribution in [0.4, 0.5) is 0 Å². The van der Waals surface area contributed by atoms with Crippen molar-refractivity contribution in [3.8, 4) is 0 Å². The molecule has 0 aliphatic heterocycles. The second-order valence-corrected chi connectivity index (χ2v) is 10.5. The molecule has 0 spiro atoms. The van der Waals surface area contributed by atoms with Crippen molar-refractivity contribution in [3.05, 3.63) is 23.8 Å². The number of esters is 1. The van der Waals surface area contributed by atoms with Gasteiger partial charge in [0.15, 0.2) is 12.4 Å². The van der Waals surface area contributed by atoms with E-state index in [0.29, 0.717) is 12.8 Å². The van der Waals surface area contributed by atoms with Crippen molar-refractivity contribution in [1.29, 1.82) is 0 Å². The van der Waals surface area contributed by atoms with Crippen molar-refractivity contribution in [2.75, 3.05) is 6.61 Å². The third-order valence-electron chi connectivity index (χ3n) is 8.94. The molecule has 4 aliphatic rings. The van der Waals surface area contributed by atoms with Gasteiger partial charge in [-0.05, 0) is 49.2 Å². The summed E-state index contributed by atoms with van der Waals surface area (Å²) >= 11 is 0. The summed E-state index contributed by atoms with van der Waals surface area (Å²) in [6.45, 7) is 6.31. The summed E-state index contributed by atoms with van der Waals surface area (Å²) in [5.41, 5.74) is -2.49. The van der Waals surface area contributed by atoms with Crippen LogP contribution in [0.1, 0.15) is 47.0 Å². The van der Waals surface area contributed by atoms with Crippen LogP contribution in [0.3, 0.4) is 0 Å². The first-order valence-corrected chi connectivity index (χ1v) is 11.1. The van der Waals surface area contributed by atoms with Crippen LogP contribution in [-0.2, 0) is 19.1 Å². The average molecular weight is 433 g/mol. The number of carbonyl (C=O) groups is 3. The third-order valence-corrected chi connectivity index (χ3v) is 8.94. The summed E-state index contributed by atoms with van der Waals surface area (Å²) < 4.78 is 4.90. The van der Waals surface area contributed by atoms with Crippen molar-refractivity contribution >= 4 is 17.5 Å². The maximum Gasteiger partial charge on any atom is 0.303 e. The van der Waals surface area contributed by atoms with E-state index in [4.69, 9.17) is 4.74 Å². The van der Waals surface area contributed by atoms with E-state index in [1.54, 1.807) is 13.0 Å². The molecule has 3 unspecified atom stereocenters. The summed E-state index contributed by atoms with van der Waals surface area (Å²) in [7, 11) is 0. The van der Waals surface area contributed by atoms with Gasteiger partial charge in [-0.2, -0.15) is 0 Å². The summed E-state index contributed by atoms with van der Waals surface area (Å²) in [6.07, 6.45) is 4.28. The smallest absolute Gasteiger partial charge is 0.303 e. The number of ether oxygens (including phenoxy) is 1. The molecule has 0 amide bonds. The lowest BCUT2D eigenvalue weighted by Gasteiger charge is -2.60. The number of allylic oxidation sites excluding steroid dienone is 3. The molecule has 0 aromatic rings. The van der Waals surface area contributed by atoms with Gasteiger partial charge in [0.2, 0.25) is 5.78 Å². The van der Waals surface area contributed by atoms with Crippen LogP contribution >= 0.6 is 0 Å². The van der Waals surface area contributed by atoms with Gasteiger partial charge in [-0.1, -0.05) is 32.4 Å². The monoisotopic (exact) mass is 432 g/mol. The first-order valence-electron chi connectivity index (χ1n) is 11.1. The molecule has 3 fully saturated rings. The lowest BCUT2D eigenvalue weighted by atomic mass is 9.45. The summed E-state index contributed by atoms with van der Waals surface area (Å²) in [4.78, 5) is 36.3. The molecule has 0 heterocycles. The highest BCUT2D eigenvalue weighted by molar-refractivity contribution is 6.01. The fraction of sp³-hybridized carbons (Fsp3) is 0.708. The fourth-order valence-corrected chi connectivity index (χ4v) is 7.49. The van der Waals surface area contributed by atoms with E-state index in [0.717, 1.165) is 5.57 Å². The van der Waals surface area contributed by atoms with Crippen LogP contribution < -0.4 is 0 Å². The maximum absolute atomic E-state index is 13.1. The molecule has 31 heavy (non-hydrogen) atoms. The highest BCUT2D eigenvalue weighted by atomic mass is 16.5. The number of hydrogen-bond donors (Lipinski definition) is 3. The minimum absolute atomic E-state index is 0.117. The normalized spacial score (nSPS) is 48.4. The summed E-state index contributed by atoms with van der Waals surface area (Å²) in [6, 6.07) is 0. The van der Waals surface area contributed by atoms with Crippen LogP contribution in [0, 0.1) is 34.5 Å². The molecule has 0 radical (unpaired) electrons. The van der Waals surface area contributed by atoms with Crippen LogP contribution in [0.2, 0.25) is 0 Å². The van der Waals surface area contributed by atoms with E-state index < -0.39 is 52.9 Å². The number of ketones is 2. The minimum atomic E-state index is -1.77. The summed E-state index contributed by atoms with van der Waals surface area (Å²) in [5, 5.41) is 34.2. The standard InChI is InChI=1S/C24H32O7/c1-12-7-16-20-17(27)9-14-8-15(26)5-6-22(14,3)21(20)18(28)10-23(16,4)24(12,30)19(29)11-31-13(2)25/h5-6,8,12,16-18,20-21,27-28,30H,7,9-11H2,1-4H3/t12?,16-,17?,18?,20+,21-,22-,23-,24-/m0/s1. The zero-order valence-corrected chi connectivity index (χ0v) is 18.5. The number of aliphatic hydroxyl groups is 3. The number of rotatable bonds is 3. The Bertz CT molecular complexity index is 890. The molecular weight excluding hydrogens is 400 g/mol. The Labute approximate surface area is 182 Å². The van der Waals surface area contributed by atoms with Gasteiger partial charge in [-0.3, -0.25) is 14.4 Å². The molecule has 3 saturated carbocycles. The molecule has 4 rings (SSSR count). The first-order chi connectivity index (χ1) is 14.4. The fourth-order valence-electron chi connectivity index (χ4n) is 7.49. The minimum Gasteiger partial charge on any atom is -0.458 e. The second kappa shape index (κ2) is 7.09. The van der Waals surface area contributed by atoms with Crippen LogP contribution in [-0.4, -0.2) is 57.3 Å². The molecule has 0 aromatic heterocycles. The van der Waals surface area contributed by atoms with Gasteiger partial charge < -0.3 is 20.1 Å². The lowest BCUT2D eigenvalue weighted by Crippen LogP contribution is -2.64. The van der Waals surface area contributed by atoms with Crippen molar-refractivity contribution in [3.63, 3.8) is 0 Å². The number of fused-ring (bicyclic) bond motifs is 5. The van der Waals surface area contributed by atoms with E-state index in [-0.39, 0.29) is 30.0 Å². The molecule has 7 heteroatoms. The Balaban J connectivity index is 1.75. The molecule has 0 aromatic carbocycles. The molecule has 7 nitrogen and oxygen atoms in total. The molecule has 0 saturated heterocycles. The quantitative estimate of drug-likeness (QED) is 0.576. The van der Waals surface area contributed by atoms with E-state index >= 15 is 0 Å². The van der Waals surface area contributed by atoms with Gasteiger partial charge in [0, 0.05) is 23.7 Å². The van der Waals surface area contributed by atoms with Gasteiger partial charge in [-0.25, -0.2) is 0 Å². The Morgan fingerprint density at radius 3 is 2.55 bits per heavy atom. The van der Waals surface area contributed by atoms with Gasteiger partial charge in [0.25, 0.3) is 0 Å². The average Bonchev–Trinajstić information content (AvgIpc) is 2.88. The van der Waals surface area contributed by atoms with Crippen molar-refractivity contribution in [1.82, 2.24) is 0 Å². The Morgan fingerprint density at radius 2 is 1.90 bits per heavy atom.